The van der Waals surface area contributed by atoms with Crippen LogP contribution in [0.4, 0.5) is 0 Å². The Morgan fingerprint density at radius 2 is 0.677 bits per heavy atom. The van der Waals surface area contributed by atoms with E-state index in [0.717, 1.165) is 123 Å². The van der Waals surface area contributed by atoms with Crippen LogP contribution in [0.1, 0.15) is 5.56 Å². The summed E-state index contributed by atoms with van der Waals surface area (Å²) in [5.41, 5.74) is 12.3. The predicted molar refractivity (Wildman–Crippen MR) is 249 cm³/mol. The Labute approximate surface area is 356 Å². The number of aromatic nitrogens is 4. The van der Waals surface area contributed by atoms with E-state index in [4.69, 9.17) is 24.2 Å². The summed E-state index contributed by atoms with van der Waals surface area (Å²) in [7, 11) is 0. The maximum Gasteiger partial charge on any atom is 0.128 e. The molecule has 0 unspecified atom stereocenters. The van der Waals surface area contributed by atoms with Crippen LogP contribution in [0.2, 0.25) is 0 Å². The van der Waals surface area contributed by atoms with E-state index in [-0.39, 0.29) is 0 Å². The van der Waals surface area contributed by atoms with Gasteiger partial charge in [-0.2, -0.15) is 0 Å². The number of H-pyrrole nitrogens is 2. The van der Waals surface area contributed by atoms with Gasteiger partial charge in [0.15, 0.2) is 0 Å². The number of ether oxygens (including phenoxy) is 3. The summed E-state index contributed by atoms with van der Waals surface area (Å²) < 4.78 is 19.1. The first-order valence-electron chi connectivity index (χ1n) is 20.6. The monoisotopic (exact) mass is 800 g/mol. The second-order valence-corrected chi connectivity index (χ2v) is 15.7. The topological polar surface area (TPSA) is 85.1 Å². The minimum absolute atomic E-state index is 0.723. The van der Waals surface area contributed by atoms with Crippen LogP contribution in [-0.4, -0.2) is 19.9 Å². The Morgan fingerprint density at radius 3 is 1.18 bits per heavy atom. The molecular formula is C55H36N4O3. The lowest BCUT2D eigenvalue weighted by Crippen LogP contribution is -1.85. The lowest BCUT2D eigenvalue weighted by Gasteiger charge is -2.08. The zero-order valence-electron chi connectivity index (χ0n) is 33.5. The SMILES string of the molecule is Cc1ccc(Oc2ccc3c4cc5nc(cc6[nH]c(cc7nc(cc([nH]4)c3c2)-c2ccc(Oc3ccccc3)cc2-7)c2ccc(Oc3ccccc3)cc62)-c2ccccc2-5)cc1. The molecule has 0 saturated heterocycles. The summed E-state index contributed by atoms with van der Waals surface area (Å²) in [5, 5.41) is 4.08. The molecule has 7 heteroatoms. The van der Waals surface area contributed by atoms with E-state index in [1.54, 1.807) is 0 Å². The third-order valence-corrected chi connectivity index (χ3v) is 11.5. The number of aromatic amines is 2. The summed E-state index contributed by atoms with van der Waals surface area (Å²) in [6.45, 7) is 2.07. The fraction of sp³-hybridized carbons (Fsp3) is 0.0182. The van der Waals surface area contributed by atoms with Crippen molar-refractivity contribution in [2.24, 2.45) is 0 Å². The van der Waals surface area contributed by atoms with Crippen LogP contribution in [0.25, 0.3) is 88.6 Å². The minimum Gasteiger partial charge on any atom is -0.457 e. The fourth-order valence-electron chi connectivity index (χ4n) is 8.53. The van der Waals surface area contributed by atoms with Crippen molar-refractivity contribution >= 4 is 43.6 Å². The predicted octanol–water partition coefficient (Wildman–Crippen LogP) is 15.0. The average Bonchev–Trinajstić information content (AvgIpc) is 4.03. The molecule has 2 aliphatic rings. The van der Waals surface area contributed by atoms with Crippen LogP contribution in [-0.2, 0) is 0 Å². The number of rotatable bonds is 6. The number of hydrogen-bond donors (Lipinski definition) is 2. The maximum absolute atomic E-state index is 6.41. The first-order chi connectivity index (χ1) is 30.5. The fourth-order valence-corrected chi connectivity index (χ4v) is 8.53. The highest BCUT2D eigenvalue weighted by Crippen LogP contribution is 2.43. The van der Waals surface area contributed by atoms with Crippen molar-refractivity contribution < 1.29 is 14.2 Å². The molecule has 0 radical (unpaired) electrons. The number of para-hydroxylation sites is 2. The number of hydrogen-bond acceptors (Lipinski definition) is 5. The maximum atomic E-state index is 6.41. The second-order valence-electron chi connectivity index (χ2n) is 15.7. The van der Waals surface area contributed by atoms with Crippen LogP contribution in [0.15, 0.2) is 188 Å². The van der Waals surface area contributed by atoms with Gasteiger partial charge in [-0.25, -0.2) is 9.97 Å². The van der Waals surface area contributed by atoms with Gasteiger partial charge in [-0.1, -0.05) is 78.4 Å². The number of benzene rings is 7. The highest BCUT2D eigenvalue weighted by Gasteiger charge is 2.21. The van der Waals surface area contributed by atoms with Crippen molar-refractivity contribution in [3.8, 4) is 79.5 Å². The molecule has 0 spiro atoms. The van der Waals surface area contributed by atoms with Crippen LogP contribution < -0.4 is 14.2 Å². The van der Waals surface area contributed by atoms with Crippen molar-refractivity contribution in [2.75, 3.05) is 0 Å². The molecule has 0 atom stereocenters. The highest BCUT2D eigenvalue weighted by atomic mass is 16.5. The zero-order chi connectivity index (χ0) is 41.1. The van der Waals surface area contributed by atoms with E-state index in [9.17, 15) is 0 Å². The molecule has 8 bridgehead atoms. The van der Waals surface area contributed by atoms with Crippen molar-refractivity contribution in [1.29, 1.82) is 0 Å². The average molecular weight is 801 g/mol. The summed E-state index contributed by atoms with van der Waals surface area (Å²) in [5.74, 6) is 4.52. The van der Waals surface area contributed by atoms with E-state index < -0.39 is 0 Å². The lowest BCUT2D eigenvalue weighted by molar-refractivity contribution is 0.483. The van der Waals surface area contributed by atoms with Gasteiger partial charge < -0.3 is 24.2 Å². The molecule has 294 valence electrons. The van der Waals surface area contributed by atoms with Crippen LogP contribution in [0, 0.1) is 6.92 Å². The van der Waals surface area contributed by atoms with Crippen LogP contribution >= 0.6 is 0 Å². The zero-order valence-corrected chi connectivity index (χ0v) is 33.5. The molecule has 5 heterocycles. The summed E-state index contributed by atoms with van der Waals surface area (Å²) in [6.07, 6.45) is 0. The summed E-state index contributed by atoms with van der Waals surface area (Å²) in [4.78, 5) is 18.3. The smallest absolute Gasteiger partial charge is 0.128 e. The Hall–Kier alpha value is -8.42. The second kappa shape index (κ2) is 14.4. The van der Waals surface area contributed by atoms with Gasteiger partial charge in [-0.15, -0.1) is 0 Å². The molecule has 0 fully saturated rings. The van der Waals surface area contributed by atoms with Gasteiger partial charge in [0.05, 0.1) is 22.8 Å². The van der Waals surface area contributed by atoms with Crippen molar-refractivity contribution in [2.45, 2.75) is 6.92 Å². The van der Waals surface area contributed by atoms with Gasteiger partial charge in [0.25, 0.3) is 0 Å². The van der Waals surface area contributed by atoms with Gasteiger partial charge in [0, 0.05) is 65.9 Å². The van der Waals surface area contributed by atoms with E-state index in [1.807, 2.05) is 91.0 Å². The van der Waals surface area contributed by atoms with Gasteiger partial charge in [-0.05, 0) is 122 Å². The Kier molecular flexibility index (Phi) is 8.25. The third-order valence-electron chi connectivity index (χ3n) is 11.5. The van der Waals surface area contributed by atoms with E-state index in [0.29, 0.717) is 0 Å². The normalized spacial score (nSPS) is 11.6. The van der Waals surface area contributed by atoms with Gasteiger partial charge in [0.2, 0.25) is 0 Å². The van der Waals surface area contributed by atoms with Crippen molar-refractivity contribution in [3.05, 3.63) is 194 Å². The third kappa shape index (κ3) is 6.40. The Morgan fingerprint density at radius 1 is 0.306 bits per heavy atom. The first kappa shape index (κ1) is 35.5. The lowest BCUT2D eigenvalue weighted by atomic mass is 10.0. The number of aryl methyl sites for hydroxylation is 1. The standard InChI is InChI=1S/C55H36N4O3/c1-33-16-18-36(19-17-33)62-39-22-25-42-47(28-39)54-31-52-44-24-21-38(61-35-12-6-3-7-13-35)27-46(44)55(59-52)32-51-43-23-20-37(60-34-10-4-2-5-11-34)26-45(43)53(58-51)30-49-41-15-9-8-14-40(41)48(56-49)29-50(42)57-54/h2-32,57-58H,1H3. The Balaban J connectivity index is 1.14. The molecule has 7 nitrogen and oxygen atoms in total. The van der Waals surface area contributed by atoms with Crippen molar-refractivity contribution in [1.82, 2.24) is 19.9 Å². The number of nitrogens with zero attached hydrogens (tertiary/aromatic N) is 2. The van der Waals surface area contributed by atoms with Gasteiger partial charge in [0.1, 0.15) is 34.5 Å². The largest absolute Gasteiger partial charge is 0.457 e. The molecule has 2 aliphatic heterocycles. The molecular weight excluding hydrogens is 765 g/mol. The first-order valence-corrected chi connectivity index (χ1v) is 20.6. The van der Waals surface area contributed by atoms with E-state index in [2.05, 4.69) is 114 Å². The van der Waals surface area contributed by atoms with Gasteiger partial charge >= 0.3 is 0 Å². The van der Waals surface area contributed by atoms with Crippen molar-refractivity contribution in [3.63, 3.8) is 0 Å². The van der Waals surface area contributed by atoms with E-state index >= 15 is 0 Å². The molecule has 62 heavy (non-hydrogen) atoms. The molecule has 7 aromatic carbocycles. The molecule has 12 rings (SSSR count). The molecule has 0 saturated carbocycles. The summed E-state index contributed by atoms with van der Waals surface area (Å²) >= 11 is 0. The minimum atomic E-state index is 0.723. The molecule has 2 N–H and O–H groups in total. The number of fused-ring (bicyclic) bond motifs is 20. The van der Waals surface area contributed by atoms with Crippen LogP contribution in [0.5, 0.6) is 34.5 Å². The molecule has 0 amide bonds. The van der Waals surface area contributed by atoms with Crippen LogP contribution in [0.3, 0.4) is 0 Å². The van der Waals surface area contributed by atoms with Gasteiger partial charge in [-0.3, -0.25) is 0 Å². The molecule has 3 aromatic heterocycles. The highest BCUT2D eigenvalue weighted by molar-refractivity contribution is 6.11. The summed E-state index contributed by atoms with van der Waals surface area (Å²) in [6, 6.07) is 63.5. The molecule has 10 aromatic rings. The van der Waals surface area contributed by atoms with E-state index in [1.165, 1.54) is 5.56 Å². The quantitative estimate of drug-likeness (QED) is 0.175. The molecule has 0 aliphatic carbocycles. The number of nitrogens with one attached hydrogen (secondary N) is 2. The Bertz CT molecular complexity index is 3560.